The summed E-state index contributed by atoms with van der Waals surface area (Å²) in [5.74, 6) is 0.141. The molecule has 0 aliphatic rings. The predicted octanol–water partition coefficient (Wildman–Crippen LogP) is 5.45. The van der Waals surface area contributed by atoms with Crippen LogP contribution in [0.3, 0.4) is 0 Å². The molecule has 0 saturated carbocycles. The quantitative estimate of drug-likeness (QED) is 0.486. The lowest BCUT2D eigenvalue weighted by molar-refractivity contribution is 0.0738. The van der Waals surface area contributed by atoms with E-state index in [1.54, 1.807) is 24.3 Å². The maximum Gasteiger partial charge on any atom is 0.353 e. The summed E-state index contributed by atoms with van der Waals surface area (Å²) >= 11 is 13.8. The van der Waals surface area contributed by atoms with Crippen molar-refractivity contribution >= 4 is 60.8 Å². The summed E-state index contributed by atoms with van der Waals surface area (Å²) in [6.07, 6.45) is 0. The Hall–Kier alpha value is -0.360. The minimum absolute atomic E-state index is 0.378. The standard InChI is InChI=1S/C12H7Br2ClO2S/c1-6-4-7(15)2-3-9(6)17-12(16)10-5-8(13)11(14)18-10/h2-5H,1H3. The molecule has 0 saturated heterocycles. The molecule has 1 heterocycles. The third-order valence-corrected chi connectivity index (χ3v) is 5.66. The molecular formula is C12H7Br2ClO2S. The molecule has 0 fully saturated rings. The lowest BCUT2D eigenvalue weighted by Gasteiger charge is -2.06. The fourth-order valence-corrected chi connectivity index (χ4v) is 3.46. The van der Waals surface area contributed by atoms with Crippen LogP contribution in [-0.2, 0) is 0 Å². The second kappa shape index (κ2) is 5.74. The number of halogens is 3. The van der Waals surface area contributed by atoms with Gasteiger partial charge in [0.1, 0.15) is 10.6 Å². The maximum absolute atomic E-state index is 11.9. The number of benzene rings is 1. The van der Waals surface area contributed by atoms with Gasteiger partial charge in [0.2, 0.25) is 0 Å². The highest BCUT2D eigenvalue weighted by molar-refractivity contribution is 9.13. The number of carbonyl (C=O) groups excluding carboxylic acids is 1. The van der Waals surface area contributed by atoms with Gasteiger partial charge in [0.25, 0.3) is 0 Å². The van der Waals surface area contributed by atoms with Crippen LogP contribution in [0.5, 0.6) is 5.75 Å². The molecule has 2 aromatic rings. The first-order valence-electron chi connectivity index (χ1n) is 4.90. The normalized spacial score (nSPS) is 10.4. The van der Waals surface area contributed by atoms with Crippen LogP contribution in [0.15, 0.2) is 32.5 Å². The zero-order chi connectivity index (χ0) is 13.3. The van der Waals surface area contributed by atoms with Gasteiger partial charge in [-0.2, -0.15) is 0 Å². The van der Waals surface area contributed by atoms with Crippen molar-refractivity contribution in [3.63, 3.8) is 0 Å². The summed E-state index contributed by atoms with van der Waals surface area (Å²) in [6.45, 7) is 1.84. The highest BCUT2D eigenvalue weighted by Gasteiger charge is 2.15. The van der Waals surface area contributed by atoms with Gasteiger partial charge in [0.05, 0.1) is 3.79 Å². The molecule has 1 aromatic heterocycles. The number of rotatable bonds is 2. The van der Waals surface area contributed by atoms with Crippen LogP contribution in [0.4, 0.5) is 0 Å². The molecule has 0 aliphatic heterocycles. The van der Waals surface area contributed by atoms with E-state index in [0.29, 0.717) is 15.6 Å². The van der Waals surface area contributed by atoms with Crippen LogP contribution >= 0.6 is 54.8 Å². The Morgan fingerprint density at radius 2 is 2.06 bits per heavy atom. The van der Waals surface area contributed by atoms with E-state index < -0.39 is 0 Å². The van der Waals surface area contributed by atoms with Crippen LogP contribution in [0.2, 0.25) is 5.02 Å². The topological polar surface area (TPSA) is 26.3 Å². The summed E-state index contributed by atoms with van der Waals surface area (Å²) in [6, 6.07) is 6.86. The van der Waals surface area contributed by atoms with E-state index in [1.807, 2.05) is 6.92 Å². The van der Waals surface area contributed by atoms with Gasteiger partial charge in [0, 0.05) is 9.50 Å². The summed E-state index contributed by atoms with van der Waals surface area (Å²) < 4.78 is 7.03. The van der Waals surface area contributed by atoms with E-state index >= 15 is 0 Å². The van der Waals surface area contributed by atoms with E-state index in [2.05, 4.69) is 31.9 Å². The Labute approximate surface area is 130 Å². The van der Waals surface area contributed by atoms with Gasteiger partial charge < -0.3 is 4.74 Å². The monoisotopic (exact) mass is 408 g/mol. The third-order valence-electron chi connectivity index (χ3n) is 2.19. The van der Waals surface area contributed by atoms with Crippen molar-refractivity contribution < 1.29 is 9.53 Å². The molecule has 94 valence electrons. The first-order valence-corrected chi connectivity index (χ1v) is 7.68. The number of hydrogen-bond donors (Lipinski definition) is 0. The predicted molar refractivity (Wildman–Crippen MR) is 80.9 cm³/mol. The Bertz CT molecular complexity index is 591. The largest absolute Gasteiger partial charge is 0.422 e. The van der Waals surface area contributed by atoms with E-state index in [1.165, 1.54) is 11.3 Å². The Kier molecular flexibility index (Phi) is 4.48. The zero-order valence-corrected chi connectivity index (χ0v) is 13.9. The average Bonchev–Trinajstić information content (AvgIpc) is 2.63. The molecule has 0 radical (unpaired) electrons. The van der Waals surface area contributed by atoms with Crippen molar-refractivity contribution in [2.24, 2.45) is 0 Å². The Morgan fingerprint density at radius 1 is 1.33 bits per heavy atom. The molecular weight excluding hydrogens is 403 g/mol. The van der Waals surface area contributed by atoms with Crippen molar-refractivity contribution in [3.8, 4) is 5.75 Å². The van der Waals surface area contributed by atoms with Crippen LogP contribution in [0.25, 0.3) is 0 Å². The minimum atomic E-state index is -0.378. The van der Waals surface area contributed by atoms with E-state index in [4.69, 9.17) is 16.3 Å². The van der Waals surface area contributed by atoms with Gasteiger partial charge in [-0.25, -0.2) is 4.79 Å². The fourth-order valence-electron chi connectivity index (χ4n) is 1.32. The number of hydrogen-bond acceptors (Lipinski definition) is 3. The van der Waals surface area contributed by atoms with E-state index in [9.17, 15) is 4.79 Å². The molecule has 0 amide bonds. The molecule has 0 atom stereocenters. The van der Waals surface area contributed by atoms with Crippen molar-refractivity contribution in [1.29, 1.82) is 0 Å². The summed E-state index contributed by atoms with van der Waals surface area (Å²) in [5.41, 5.74) is 0.825. The number of thiophene rings is 1. The highest BCUT2D eigenvalue weighted by Crippen LogP contribution is 2.33. The lowest BCUT2D eigenvalue weighted by Crippen LogP contribution is -2.07. The summed E-state index contributed by atoms with van der Waals surface area (Å²) in [5, 5.41) is 0.619. The van der Waals surface area contributed by atoms with Crippen LogP contribution in [-0.4, -0.2) is 5.97 Å². The summed E-state index contributed by atoms with van der Waals surface area (Å²) in [7, 11) is 0. The molecule has 0 unspecified atom stereocenters. The van der Waals surface area contributed by atoms with E-state index in [0.717, 1.165) is 13.8 Å². The average molecular weight is 411 g/mol. The van der Waals surface area contributed by atoms with Gasteiger partial charge in [0.15, 0.2) is 0 Å². The number of carbonyl (C=O) groups is 1. The van der Waals surface area contributed by atoms with Crippen molar-refractivity contribution in [3.05, 3.63) is 48.0 Å². The Balaban J connectivity index is 2.21. The van der Waals surface area contributed by atoms with Gasteiger partial charge in [-0.05, 0) is 68.6 Å². The van der Waals surface area contributed by atoms with Crippen molar-refractivity contribution in [2.45, 2.75) is 6.92 Å². The zero-order valence-electron chi connectivity index (χ0n) is 9.17. The molecule has 1 aromatic carbocycles. The van der Waals surface area contributed by atoms with Gasteiger partial charge in [-0.3, -0.25) is 0 Å². The lowest BCUT2D eigenvalue weighted by atomic mass is 10.2. The van der Waals surface area contributed by atoms with Crippen LogP contribution < -0.4 is 4.74 Å². The van der Waals surface area contributed by atoms with Crippen LogP contribution in [0.1, 0.15) is 15.2 Å². The molecule has 0 bridgehead atoms. The second-order valence-electron chi connectivity index (χ2n) is 3.53. The maximum atomic E-state index is 11.9. The second-order valence-corrected chi connectivity index (χ2v) is 7.19. The molecule has 0 N–H and O–H groups in total. The molecule has 2 nitrogen and oxygen atoms in total. The minimum Gasteiger partial charge on any atom is -0.422 e. The molecule has 0 spiro atoms. The Morgan fingerprint density at radius 3 is 2.61 bits per heavy atom. The first kappa shape index (κ1) is 14.1. The van der Waals surface area contributed by atoms with Gasteiger partial charge in [-0.15, -0.1) is 11.3 Å². The first-order chi connectivity index (χ1) is 8.47. The fraction of sp³-hybridized carbons (Fsp3) is 0.0833. The van der Waals surface area contributed by atoms with Crippen LogP contribution in [0, 0.1) is 6.92 Å². The molecule has 18 heavy (non-hydrogen) atoms. The molecule has 6 heteroatoms. The third kappa shape index (κ3) is 3.15. The van der Waals surface area contributed by atoms with Crippen molar-refractivity contribution in [1.82, 2.24) is 0 Å². The van der Waals surface area contributed by atoms with Crippen molar-refractivity contribution in [2.75, 3.05) is 0 Å². The van der Waals surface area contributed by atoms with Gasteiger partial charge in [-0.1, -0.05) is 11.6 Å². The smallest absolute Gasteiger partial charge is 0.353 e. The summed E-state index contributed by atoms with van der Waals surface area (Å²) in [4.78, 5) is 12.5. The number of ether oxygens (including phenoxy) is 1. The number of aryl methyl sites for hydroxylation is 1. The highest BCUT2D eigenvalue weighted by atomic mass is 79.9. The van der Waals surface area contributed by atoms with Gasteiger partial charge >= 0.3 is 5.97 Å². The molecule has 0 aliphatic carbocycles. The van der Waals surface area contributed by atoms with E-state index in [-0.39, 0.29) is 5.97 Å². The SMILES string of the molecule is Cc1cc(Cl)ccc1OC(=O)c1cc(Br)c(Br)s1. The number of esters is 1. The molecule has 2 rings (SSSR count).